The Morgan fingerprint density at radius 2 is 1.95 bits per heavy atom. The third-order valence-electron chi connectivity index (χ3n) is 2.91. The maximum atomic E-state index is 13.3. The maximum Gasteiger partial charge on any atom is 0.186 e. The molecule has 108 valence electrons. The van der Waals surface area contributed by atoms with Crippen LogP contribution in [0.5, 0.6) is 5.75 Å². The van der Waals surface area contributed by atoms with Gasteiger partial charge in [-0.3, -0.25) is 0 Å². The smallest absolute Gasteiger partial charge is 0.186 e. The number of nitrogens with zero attached hydrogens (tertiary/aromatic N) is 1. The molecular formula is C15H12FNO3S. The van der Waals surface area contributed by atoms with Gasteiger partial charge in [0.25, 0.3) is 0 Å². The minimum atomic E-state index is -3.65. The fourth-order valence-corrected chi connectivity index (χ4v) is 3.44. The molecule has 0 unspecified atom stereocenters. The lowest BCUT2D eigenvalue weighted by molar-refractivity contribution is 0.402. The molecule has 0 atom stereocenters. The molecular weight excluding hydrogens is 293 g/mol. The Kier molecular flexibility index (Phi) is 4.24. The summed E-state index contributed by atoms with van der Waals surface area (Å²) in [5, 5.41) is 8.78. The molecule has 0 aliphatic rings. The van der Waals surface area contributed by atoms with Crippen molar-refractivity contribution in [2.45, 2.75) is 10.6 Å². The molecule has 6 heteroatoms. The Labute approximate surface area is 122 Å². The van der Waals surface area contributed by atoms with E-state index in [2.05, 4.69) is 0 Å². The van der Waals surface area contributed by atoms with Gasteiger partial charge in [-0.05, 0) is 29.8 Å². The molecule has 0 N–H and O–H groups in total. The van der Waals surface area contributed by atoms with Crippen LogP contribution in [-0.4, -0.2) is 15.5 Å². The number of sulfone groups is 1. The second-order valence-corrected chi connectivity index (χ2v) is 6.29. The number of hydrogen-bond donors (Lipinski definition) is 0. The summed E-state index contributed by atoms with van der Waals surface area (Å²) < 4.78 is 43.1. The fourth-order valence-electron chi connectivity index (χ4n) is 1.92. The average Bonchev–Trinajstić information content (AvgIpc) is 2.49. The van der Waals surface area contributed by atoms with E-state index < -0.39 is 15.7 Å². The van der Waals surface area contributed by atoms with E-state index in [4.69, 9.17) is 10.00 Å². The summed E-state index contributed by atoms with van der Waals surface area (Å²) in [5.74, 6) is -0.751. The molecule has 0 aliphatic carbocycles. The Morgan fingerprint density at radius 3 is 2.62 bits per heavy atom. The fraction of sp³-hybridized carbons (Fsp3) is 0.133. The van der Waals surface area contributed by atoms with E-state index in [1.54, 1.807) is 24.3 Å². The summed E-state index contributed by atoms with van der Waals surface area (Å²) in [6.07, 6.45) is 0. The third-order valence-corrected chi connectivity index (χ3v) is 4.63. The molecule has 0 aromatic heterocycles. The molecule has 0 amide bonds. The summed E-state index contributed by atoms with van der Waals surface area (Å²) in [5.41, 5.74) is 0.168. The predicted octanol–water partition coefficient (Wildman–Crippen LogP) is 2.68. The van der Waals surface area contributed by atoms with Crippen LogP contribution >= 0.6 is 0 Å². The predicted molar refractivity (Wildman–Crippen MR) is 75.0 cm³/mol. The molecule has 0 aliphatic heterocycles. The van der Waals surface area contributed by atoms with Gasteiger partial charge in [0.1, 0.15) is 22.5 Å². The van der Waals surface area contributed by atoms with Gasteiger partial charge in [-0.25, -0.2) is 12.8 Å². The van der Waals surface area contributed by atoms with Crippen LogP contribution in [0.3, 0.4) is 0 Å². The Balaban J connectivity index is 2.40. The summed E-state index contributed by atoms with van der Waals surface area (Å²) in [6.45, 7) is 0. The molecule has 2 rings (SSSR count). The lowest BCUT2D eigenvalue weighted by Crippen LogP contribution is -2.07. The van der Waals surface area contributed by atoms with Gasteiger partial charge in [0.2, 0.25) is 0 Å². The van der Waals surface area contributed by atoms with Crippen molar-refractivity contribution >= 4 is 9.84 Å². The minimum Gasteiger partial charge on any atom is -0.495 e. The second-order valence-electron chi connectivity index (χ2n) is 4.34. The number of ether oxygens (including phenoxy) is 1. The van der Waals surface area contributed by atoms with E-state index in [9.17, 15) is 12.8 Å². The molecule has 21 heavy (non-hydrogen) atoms. The zero-order chi connectivity index (χ0) is 15.5. The van der Waals surface area contributed by atoms with E-state index in [1.165, 1.54) is 25.3 Å². The second kappa shape index (κ2) is 5.94. The highest BCUT2D eigenvalue weighted by atomic mass is 32.2. The van der Waals surface area contributed by atoms with Gasteiger partial charge >= 0.3 is 0 Å². The molecule has 0 spiro atoms. The summed E-state index contributed by atoms with van der Waals surface area (Å²) in [7, 11) is -2.26. The molecule has 0 radical (unpaired) electrons. The maximum absolute atomic E-state index is 13.3. The van der Waals surface area contributed by atoms with Crippen molar-refractivity contribution in [3.8, 4) is 11.8 Å². The molecule has 0 heterocycles. The van der Waals surface area contributed by atoms with Gasteiger partial charge < -0.3 is 4.74 Å². The molecule has 0 saturated carbocycles. The van der Waals surface area contributed by atoms with Crippen molar-refractivity contribution in [2.75, 3.05) is 7.11 Å². The number of benzene rings is 2. The highest BCUT2D eigenvalue weighted by molar-refractivity contribution is 7.90. The van der Waals surface area contributed by atoms with Crippen molar-refractivity contribution < 1.29 is 17.5 Å². The number of nitriles is 1. The van der Waals surface area contributed by atoms with Crippen molar-refractivity contribution in [3.63, 3.8) is 0 Å². The van der Waals surface area contributed by atoms with E-state index in [1.807, 2.05) is 0 Å². The number of halogens is 1. The van der Waals surface area contributed by atoms with Crippen molar-refractivity contribution in [2.24, 2.45) is 0 Å². The lowest BCUT2D eigenvalue weighted by atomic mass is 10.1. The SMILES string of the molecule is COc1ccccc1S(=O)(=O)Cc1ccc(F)c(C#N)c1. The average molecular weight is 305 g/mol. The minimum absolute atomic E-state index is 0.0651. The normalized spacial score (nSPS) is 10.9. The van der Waals surface area contributed by atoms with Gasteiger partial charge in [0, 0.05) is 0 Å². The van der Waals surface area contributed by atoms with Gasteiger partial charge in [-0.15, -0.1) is 0 Å². The molecule has 0 saturated heterocycles. The first-order chi connectivity index (χ1) is 9.97. The summed E-state index contributed by atoms with van der Waals surface area (Å²) >= 11 is 0. The van der Waals surface area contributed by atoms with E-state index in [-0.39, 0.29) is 22.0 Å². The molecule has 4 nitrogen and oxygen atoms in total. The largest absolute Gasteiger partial charge is 0.495 e. The Hall–Kier alpha value is -2.39. The topological polar surface area (TPSA) is 67.2 Å². The van der Waals surface area contributed by atoms with Gasteiger partial charge in [0.05, 0.1) is 18.4 Å². The number of hydrogen-bond acceptors (Lipinski definition) is 4. The number of methoxy groups -OCH3 is 1. The van der Waals surface area contributed by atoms with Gasteiger partial charge in [-0.2, -0.15) is 5.26 Å². The van der Waals surface area contributed by atoms with E-state index in [0.29, 0.717) is 5.56 Å². The monoisotopic (exact) mass is 305 g/mol. The summed E-state index contributed by atoms with van der Waals surface area (Å²) in [4.78, 5) is 0.0651. The van der Waals surface area contributed by atoms with Crippen molar-refractivity contribution in [1.82, 2.24) is 0 Å². The van der Waals surface area contributed by atoms with Crippen LogP contribution in [0.1, 0.15) is 11.1 Å². The van der Waals surface area contributed by atoms with Crippen LogP contribution in [0, 0.1) is 17.1 Å². The van der Waals surface area contributed by atoms with Crippen LogP contribution in [0.2, 0.25) is 0 Å². The molecule has 2 aromatic carbocycles. The first kappa shape index (κ1) is 15.0. The standard InChI is InChI=1S/C15H12FNO3S/c1-20-14-4-2-3-5-15(14)21(18,19)10-11-6-7-13(16)12(8-11)9-17/h2-8H,10H2,1H3. The van der Waals surface area contributed by atoms with Crippen molar-refractivity contribution in [3.05, 3.63) is 59.4 Å². The van der Waals surface area contributed by atoms with Crippen molar-refractivity contribution in [1.29, 1.82) is 5.26 Å². The zero-order valence-corrected chi connectivity index (χ0v) is 12.0. The first-order valence-electron chi connectivity index (χ1n) is 6.02. The van der Waals surface area contributed by atoms with Crippen LogP contribution in [0.4, 0.5) is 4.39 Å². The van der Waals surface area contributed by atoms with Crippen LogP contribution in [0.15, 0.2) is 47.4 Å². The van der Waals surface area contributed by atoms with Crippen LogP contribution in [0.25, 0.3) is 0 Å². The highest BCUT2D eigenvalue weighted by Crippen LogP contribution is 2.26. The molecule has 0 bridgehead atoms. The Morgan fingerprint density at radius 1 is 1.24 bits per heavy atom. The van der Waals surface area contributed by atoms with Crippen LogP contribution in [-0.2, 0) is 15.6 Å². The van der Waals surface area contributed by atoms with Gasteiger partial charge in [-0.1, -0.05) is 18.2 Å². The lowest BCUT2D eigenvalue weighted by Gasteiger charge is -2.09. The van der Waals surface area contributed by atoms with Gasteiger partial charge in [0.15, 0.2) is 9.84 Å². The number of rotatable bonds is 4. The highest BCUT2D eigenvalue weighted by Gasteiger charge is 2.20. The first-order valence-corrected chi connectivity index (χ1v) is 7.67. The molecule has 0 fully saturated rings. The summed E-state index contributed by atoms with van der Waals surface area (Å²) in [6, 6.07) is 11.6. The zero-order valence-electron chi connectivity index (χ0n) is 11.2. The van der Waals surface area contributed by atoms with E-state index >= 15 is 0 Å². The van der Waals surface area contributed by atoms with E-state index in [0.717, 1.165) is 6.07 Å². The third kappa shape index (κ3) is 3.20. The van der Waals surface area contributed by atoms with Crippen LogP contribution < -0.4 is 4.74 Å². The number of para-hydroxylation sites is 1. The quantitative estimate of drug-likeness (QED) is 0.871. The Bertz CT molecular complexity index is 810. The molecule has 2 aromatic rings.